The van der Waals surface area contributed by atoms with Gasteiger partial charge in [0.25, 0.3) is 0 Å². The minimum absolute atomic E-state index is 0. The summed E-state index contributed by atoms with van der Waals surface area (Å²) in [6.45, 7) is 1.82. The third kappa shape index (κ3) is 9.67. The first-order valence-electron chi connectivity index (χ1n) is 21.9. The van der Waals surface area contributed by atoms with Gasteiger partial charge in [0, 0.05) is 67.7 Å². The van der Waals surface area contributed by atoms with Crippen LogP contribution in [0.25, 0.3) is 44.1 Å². The Balaban J connectivity index is 0.00000625. The maximum Gasteiger partial charge on any atom is 1.00 e. The molecule has 1 heterocycles. The fourth-order valence-corrected chi connectivity index (χ4v) is 9.16. The van der Waals surface area contributed by atoms with Crippen LogP contribution in [0, 0.1) is 0 Å². The summed E-state index contributed by atoms with van der Waals surface area (Å²) in [5.74, 6) is 3.07. The van der Waals surface area contributed by atoms with E-state index in [1.165, 1.54) is 6.92 Å². The zero-order valence-corrected chi connectivity index (χ0v) is 41.7. The maximum atomic E-state index is 12.1. The minimum atomic E-state index is -4.48. The summed E-state index contributed by atoms with van der Waals surface area (Å²) < 4.78 is 60.5. The van der Waals surface area contributed by atoms with Gasteiger partial charge in [-0.25, -0.2) is 8.42 Å². The van der Waals surface area contributed by atoms with Gasteiger partial charge in [0.15, 0.2) is 0 Å². The summed E-state index contributed by atoms with van der Waals surface area (Å²) in [5, 5.41) is 1.01. The van der Waals surface area contributed by atoms with Crippen molar-refractivity contribution >= 4 is 66.0 Å². The summed E-state index contributed by atoms with van der Waals surface area (Å²) in [6, 6.07) is 61.5. The van der Waals surface area contributed by atoms with Crippen molar-refractivity contribution < 1.29 is 61.5 Å². The SMILES string of the molecule is COc1ccc(N(c2ccc(OC)cc2)c2ccc(-c3cccc4c3c3c(-c5ccc(N(c6ccc(OC)cc6)c6ccc(OC)cc6)cc5)cccc3n4CCC(C)S(=O)(=O)[O-])cc2)cc1.[Na+]. The average Bonchev–Trinajstić information content (AvgIpc) is 3.70. The Hall–Kier alpha value is -6.73. The molecule has 0 saturated carbocycles. The van der Waals surface area contributed by atoms with Gasteiger partial charge in [-0.1, -0.05) is 48.5 Å². The molecular formula is C56H50N3NaO7S. The number of aryl methyl sites for hydroxylation is 1. The molecule has 0 saturated heterocycles. The van der Waals surface area contributed by atoms with Gasteiger partial charge in [-0.05, 0) is 169 Å². The molecule has 0 aliphatic heterocycles. The number of fused-ring (bicyclic) bond motifs is 3. The maximum absolute atomic E-state index is 12.1. The Bertz CT molecular complexity index is 2960. The van der Waals surface area contributed by atoms with Crippen LogP contribution >= 0.6 is 0 Å². The second-order valence-electron chi connectivity index (χ2n) is 16.2. The van der Waals surface area contributed by atoms with Crippen LogP contribution in [0.3, 0.4) is 0 Å². The van der Waals surface area contributed by atoms with Crippen LogP contribution in [-0.4, -0.2) is 51.2 Å². The van der Waals surface area contributed by atoms with Gasteiger partial charge in [-0.3, -0.25) is 0 Å². The molecule has 0 aliphatic rings. The molecule has 1 atom stereocenters. The number of anilines is 6. The van der Waals surface area contributed by atoms with Gasteiger partial charge >= 0.3 is 29.6 Å². The van der Waals surface area contributed by atoms with E-state index in [1.54, 1.807) is 28.4 Å². The van der Waals surface area contributed by atoms with Crippen molar-refractivity contribution in [3.05, 3.63) is 182 Å². The van der Waals surface area contributed by atoms with E-state index in [-0.39, 0.29) is 36.0 Å². The molecule has 0 bridgehead atoms. The van der Waals surface area contributed by atoms with Gasteiger partial charge in [-0.15, -0.1) is 0 Å². The fourth-order valence-electron chi connectivity index (χ4n) is 8.76. The van der Waals surface area contributed by atoms with Crippen molar-refractivity contribution in [2.45, 2.75) is 25.1 Å². The predicted molar refractivity (Wildman–Crippen MR) is 270 cm³/mol. The average molecular weight is 932 g/mol. The van der Waals surface area contributed by atoms with E-state index >= 15 is 0 Å². The first-order chi connectivity index (χ1) is 32.6. The predicted octanol–water partition coefficient (Wildman–Crippen LogP) is 10.4. The van der Waals surface area contributed by atoms with E-state index < -0.39 is 15.4 Å². The Kier molecular flexibility index (Phi) is 14.5. The third-order valence-corrected chi connectivity index (χ3v) is 13.6. The van der Waals surface area contributed by atoms with E-state index in [9.17, 15) is 13.0 Å². The molecule has 0 amide bonds. The standard InChI is InChI=1S/C56H51N3O7S.Na/c1-38(67(60,61)62)36-37-57-53-10-6-8-51(39-12-16-41(17-13-39)58(43-20-28-47(63-2)29-21-43)44-22-30-48(64-3)31-23-44)55(53)56-52(9-7-11-54(56)57)40-14-18-42(19-15-40)59(45-24-32-49(65-4)33-25-45)46-26-34-50(66-5)35-27-46;/h6-35,38H,36-37H2,1-5H3,(H,60,61,62);/q;+1/p-1. The van der Waals surface area contributed by atoms with Crippen molar-refractivity contribution in [3.63, 3.8) is 0 Å². The molecular weight excluding hydrogens is 882 g/mol. The number of ether oxygens (including phenoxy) is 4. The van der Waals surface area contributed by atoms with Gasteiger partial charge in [0.05, 0.1) is 38.6 Å². The molecule has 9 rings (SSSR count). The van der Waals surface area contributed by atoms with Gasteiger partial charge < -0.3 is 37.9 Å². The van der Waals surface area contributed by atoms with Crippen LogP contribution in [0.5, 0.6) is 23.0 Å². The summed E-state index contributed by atoms with van der Waals surface area (Å²) >= 11 is 0. The molecule has 0 radical (unpaired) electrons. The normalized spacial score (nSPS) is 11.7. The topological polar surface area (TPSA) is 106 Å². The first kappa shape index (κ1) is 47.8. The summed E-state index contributed by atoms with van der Waals surface area (Å²) in [5.41, 5.74) is 11.7. The summed E-state index contributed by atoms with van der Waals surface area (Å²) in [4.78, 5) is 4.37. The monoisotopic (exact) mass is 931 g/mol. The second kappa shape index (κ2) is 20.6. The van der Waals surface area contributed by atoms with E-state index in [1.807, 2.05) is 109 Å². The number of methoxy groups -OCH3 is 4. The third-order valence-electron chi connectivity index (χ3n) is 12.4. The van der Waals surface area contributed by atoms with Gasteiger partial charge in [-0.2, -0.15) is 0 Å². The molecule has 68 heavy (non-hydrogen) atoms. The van der Waals surface area contributed by atoms with E-state index in [0.29, 0.717) is 6.54 Å². The molecule has 9 aromatic rings. The Morgan fingerprint density at radius 3 is 1.00 bits per heavy atom. The second-order valence-corrected chi connectivity index (χ2v) is 18.0. The number of aromatic nitrogens is 1. The van der Waals surface area contributed by atoms with Crippen LogP contribution in [0.4, 0.5) is 34.1 Å². The summed E-state index contributed by atoms with van der Waals surface area (Å²) in [7, 11) is 2.16. The van der Waals surface area contributed by atoms with Crippen molar-refractivity contribution in [3.8, 4) is 45.3 Å². The van der Waals surface area contributed by atoms with Crippen LogP contribution in [0.2, 0.25) is 0 Å². The smallest absolute Gasteiger partial charge is 0.748 e. The van der Waals surface area contributed by atoms with Gasteiger partial charge in [0.1, 0.15) is 23.0 Å². The number of rotatable bonds is 16. The molecule has 0 fully saturated rings. The van der Waals surface area contributed by atoms with Crippen LogP contribution in [0.1, 0.15) is 13.3 Å². The zero-order valence-electron chi connectivity index (χ0n) is 38.9. The fraction of sp³-hybridized carbons (Fsp3) is 0.143. The van der Waals surface area contributed by atoms with Crippen molar-refractivity contribution in [1.82, 2.24) is 4.57 Å². The molecule has 1 unspecified atom stereocenters. The Morgan fingerprint density at radius 2 is 0.735 bits per heavy atom. The number of hydrogen-bond acceptors (Lipinski definition) is 9. The molecule has 0 N–H and O–H groups in total. The Morgan fingerprint density at radius 1 is 0.456 bits per heavy atom. The zero-order chi connectivity index (χ0) is 46.7. The molecule has 12 heteroatoms. The Labute approximate surface area is 419 Å². The molecule has 0 spiro atoms. The minimum Gasteiger partial charge on any atom is -0.748 e. The molecule has 10 nitrogen and oxygen atoms in total. The van der Waals surface area contributed by atoms with Crippen molar-refractivity contribution in [2.24, 2.45) is 0 Å². The van der Waals surface area contributed by atoms with E-state index in [0.717, 1.165) is 101 Å². The van der Waals surface area contributed by atoms with Crippen molar-refractivity contribution in [1.29, 1.82) is 0 Å². The van der Waals surface area contributed by atoms with Crippen LogP contribution < -0.4 is 58.3 Å². The number of nitrogens with zero attached hydrogens (tertiary/aromatic N) is 3. The number of benzene rings is 8. The first-order valence-corrected chi connectivity index (χ1v) is 23.4. The largest absolute Gasteiger partial charge is 1.00 e. The molecule has 8 aromatic carbocycles. The van der Waals surface area contributed by atoms with Crippen molar-refractivity contribution in [2.75, 3.05) is 38.2 Å². The van der Waals surface area contributed by atoms with E-state index in [4.69, 9.17) is 18.9 Å². The molecule has 1 aromatic heterocycles. The molecule has 0 aliphatic carbocycles. The number of hydrogen-bond donors (Lipinski definition) is 0. The van der Waals surface area contributed by atoms with Gasteiger partial charge in [0.2, 0.25) is 0 Å². The van der Waals surface area contributed by atoms with Crippen LogP contribution in [0.15, 0.2) is 182 Å². The van der Waals surface area contributed by atoms with Crippen LogP contribution in [-0.2, 0) is 16.7 Å². The van der Waals surface area contributed by atoms with E-state index in [2.05, 4.69) is 87.2 Å². The quantitative estimate of drug-likeness (QED) is 0.0692. The molecule has 338 valence electrons. The summed E-state index contributed by atoms with van der Waals surface area (Å²) in [6.07, 6.45) is 0.168.